The lowest BCUT2D eigenvalue weighted by molar-refractivity contribution is 0.00668. The second-order valence-corrected chi connectivity index (χ2v) is 12.2. The van der Waals surface area contributed by atoms with E-state index in [1.54, 1.807) is 25.4 Å². The van der Waals surface area contributed by atoms with Gasteiger partial charge in [0.2, 0.25) is 11.8 Å². The Labute approximate surface area is 256 Å². The van der Waals surface area contributed by atoms with E-state index in [4.69, 9.17) is 29.9 Å². The number of urea groups is 1. The SMILES string of the molecule is CN/C=C\C(N)=N/C(=O)Nc1ccc(-c2nc(N3CC4CCC(C3)O4)nc3c2C(=O)N(C2CCOCC2)CC(C)(C)O3)cc1. The normalized spacial score (nSPS) is 23.7. The van der Waals surface area contributed by atoms with Gasteiger partial charge in [0.25, 0.3) is 5.91 Å². The number of hydrogen-bond donors (Lipinski definition) is 3. The zero-order valence-corrected chi connectivity index (χ0v) is 25.4. The molecule has 2 atom stereocenters. The minimum atomic E-state index is -0.676. The molecule has 3 fully saturated rings. The number of ether oxygens (including phenoxy) is 3. The quantitative estimate of drug-likeness (QED) is 0.331. The molecule has 0 spiro atoms. The molecule has 1 aromatic carbocycles. The predicted molar refractivity (Wildman–Crippen MR) is 166 cm³/mol. The first-order chi connectivity index (χ1) is 21.2. The summed E-state index contributed by atoms with van der Waals surface area (Å²) in [4.78, 5) is 44.6. The highest BCUT2D eigenvalue weighted by Gasteiger charge is 2.42. The van der Waals surface area contributed by atoms with Gasteiger partial charge in [0.1, 0.15) is 17.0 Å². The second-order valence-electron chi connectivity index (χ2n) is 12.2. The number of aromatic nitrogens is 2. The molecule has 0 saturated carbocycles. The van der Waals surface area contributed by atoms with Gasteiger partial charge < -0.3 is 40.4 Å². The van der Waals surface area contributed by atoms with Gasteiger partial charge in [-0.15, -0.1) is 0 Å². The van der Waals surface area contributed by atoms with Crippen molar-refractivity contribution in [2.75, 3.05) is 50.1 Å². The number of nitrogens with one attached hydrogen (secondary N) is 2. The van der Waals surface area contributed by atoms with Gasteiger partial charge in [-0.25, -0.2) is 9.78 Å². The van der Waals surface area contributed by atoms with Gasteiger partial charge in [-0.05, 0) is 63.9 Å². The van der Waals surface area contributed by atoms with E-state index in [-0.39, 0.29) is 35.9 Å². The van der Waals surface area contributed by atoms with Crippen LogP contribution in [-0.2, 0) is 9.47 Å². The molecule has 3 amide bonds. The lowest BCUT2D eigenvalue weighted by Gasteiger charge is -2.36. The number of carbonyl (C=O) groups is 2. The van der Waals surface area contributed by atoms with Crippen molar-refractivity contribution in [3.63, 3.8) is 0 Å². The standard InChI is InChI=1S/C31H40N8O5/c1-31(2)18-39(21-11-14-42-15-12-21)28(40)25-26(19-4-6-20(7-5-19)34-30(41)35-24(32)10-13-33-3)36-29(37-27(25)44-31)38-16-22-8-9-23(17-38)43-22/h4-7,10,13,21-23,33H,8-9,11-12,14-18H2,1-3H3,(H3,32,34,35,41)/b13-10-. The average molecular weight is 605 g/mol. The third-order valence-electron chi connectivity index (χ3n) is 8.28. The molecule has 2 bridgehead atoms. The van der Waals surface area contributed by atoms with E-state index in [0.29, 0.717) is 61.3 Å². The summed E-state index contributed by atoms with van der Waals surface area (Å²) in [5, 5.41) is 5.52. The molecule has 2 unspecified atom stereocenters. The Balaban J connectivity index is 1.38. The summed E-state index contributed by atoms with van der Waals surface area (Å²) >= 11 is 0. The molecule has 0 radical (unpaired) electrons. The number of aliphatic imine (C=N–C) groups is 1. The smallest absolute Gasteiger partial charge is 0.347 e. The van der Waals surface area contributed by atoms with Gasteiger partial charge in [-0.1, -0.05) is 12.1 Å². The van der Waals surface area contributed by atoms with Crippen LogP contribution in [-0.4, -0.2) is 96.4 Å². The summed E-state index contributed by atoms with van der Waals surface area (Å²) in [5.41, 5.74) is 7.14. The Kier molecular flexibility index (Phi) is 8.41. The predicted octanol–water partition coefficient (Wildman–Crippen LogP) is 2.93. The number of carbonyl (C=O) groups excluding carboxylic acids is 2. The van der Waals surface area contributed by atoms with Crippen LogP contribution in [0.4, 0.5) is 16.4 Å². The molecule has 2 aromatic rings. The molecule has 13 heteroatoms. The number of morpholine rings is 1. The minimum absolute atomic E-state index is 0.0287. The van der Waals surface area contributed by atoms with Gasteiger partial charge in [-0.2, -0.15) is 9.98 Å². The minimum Gasteiger partial charge on any atom is -0.469 e. The van der Waals surface area contributed by atoms with Gasteiger partial charge in [-0.3, -0.25) is 4.79 Å². The second kappa shape index (κ2) is 12.4. The topological polar surface area (TPSA) is 157 Å². The summed E-state index contributed by atoms with van der Waals surface area (Å²) in [6, 6.07) is 6.55. The first-order valence-corrected chi connectivity index (χ1v) is 15.2. The molecule has 6 rings (SSSR count). The van der Waals surface area contributed by atoms with Crippen LogP contribution in [0.1, 0.15) is 49.9 Å². The summed E-state index contributed by atoms with van der Waals surface area (Å²) in [7, 11) is 1.72. The highest BCUT2D eigenvalue weighted by atomic mass is 16.5. The fraction of sp³-hybridized carbons (Fsp3) is 0.516. The van der Waals surface area contributed by atoms with Gasteiger partial charge in [0.15, 0.2) is 0 Å². The lowest BCUT2D eigenvalue weighted by Crippen LogP contribution is -2.49. The summed E-state index contributed by atoms with van der Waals surface area (Å²) in [6.07, 6.45) is 6.88. The number of nitrogens with two attached hydrogens (primary N) is 1. The Hall–Kier alpha value is -4.23. The number of anilines is 2. The molecule has 234 valence electrons. The molecule has 5 heterocycles. The number of fused-ring (bicyclic) bond motifs is 3. The highest BCUT2D eigenvalue weighted by Crippen LogP contribution is 2.39. The van der Waals surface area contributed by atoms with Gasteiger partial charge >= 0.3 is 6.03 Å². The van der Waals surface area contributed by atoms with Crippen LogP contribution in [0.5, 0.6) is 5.88 Å². The Morgan fingerprint density at radius 3 is 2.48 bits per heavy atom. The van der Waals surface area contributed by atoms with Crippen molar-refractivity contribution in [1.82, 2.24) is 20.2 Å². The van der Waals surface area contributed by atoms with E-state index >= 15 is 0 Å². The van der Waals surface area contributed by atoms with E-state index in [9.17, 15) is 9.59 Å². The van der Waals surface area contributed by atoms with E-state index in [1.165, 1.54) is 6.08 Å². The molecule has 4 N–H and O–H groups in total. The number of benzene rings is 1. The van der Waals surface area contributed by atoms with Crippen LogP contribution in [0.15, 0.2) is 41.5 Å². The summed E-state index contributed by atoms with van der Waals surface area (Å²) in [5.74, 6) is 0.707. The third kappa shape index (κ3) is 6.48. The number of hydrogen-bond acceptors (Lipinski definition) is 9. The van der Waals surface area contributed by atoms with Crippen LogP contribution >= 0.6 is 0 Å². The van der Waals surface area contributed by atoms with Crippen molar-refractivity contribution < 1.29 is 23.8 Å². The first kappa shape index (κ1) is 29.8. The first-order valence-electron chi connectivity index (χ1n) is 15.2. The third-order valence-corrected chi connectivity index (χ3v) is 8.28. The van der Waals surface area contributed by atoms with Crippen molar-refractivity contribution >= 4 is 29.4 Å². The highest BCUT2D eigenvalue weighted by molar-refractivity contribution is 6.04. The Morgan fingerprint density at radius 1 is 1.09 bits per heavy atom. The average Bonchev–Trinajstić information content (AvgIpc) is 3.30. The molecule has 13 nitrogen and oxygen atoms in total. The largest absolute Gasteiger partial charge is 0.469 e. The number of amides is 3. The molecule has 1 aromatic heterocycles. The lowest BCUT2D eigenvalue weighted by atomic mass is 10.0. The summed E-state index contributed by atoms with van der Waals surface area (Å²) < 4.78 is 18.2. The van der Waals surface area contributed by atoms with Crippen molar-refractivity contribution in [3.8, 4) is 17.1 Å². The zero-order valence-electron chi connectivity index (χ0n) is 25.4. The monoisotopic (exact) mass is 604 g/mol. The van der Waals surface area contributed by atoms with Crippen molar-refractivity contribution in [3.05, 3.63) is 42.1 Å². The Bertz CT molecular complexity index is 1440. The van der Waals surface area contributed by atoms with Crippen molar-refractivity contribution in [2.24, 2.45) is 10.7 Å². The molecule has 4 aliphatic rings. The van der Waals surface area contributed by atoms with Crippen LogP contribution in [0.2, 0.25) is 0 Å². The Morgan fingerprint density at radius 2 is 1.80 bits per heavy atom. The van der Waals surface area contributed by atoms with Gasteiger partial charge in [0.05, 0.1) is 24.4 Å². The maximum atomic E-state index is 14.4. The van der Waals surface area contributed by atoms with Crippen LogP contribution in [0.25, 0.3) is 11.3 Å². The molecular formula is C31H40N8O5. The van der Waals surface area contributed by atoms with Crippen molar-refractivity contribution in [2.45, 2.75) is 63.4 Å². The van der Waals surface area contributed by atoms with Gasteiger partial charge in [0, 0.05) is 50.6 Å². The zero-order chi connectivity index (χ0) is 30.8. The molecule has 0 aliphatic carbocycles. The maximum Gasteiger partial charge on any atom is 0.347 e. The number of amidine groups is 1. The molecule has 3 saturated heterocycles. The van der Waals surface area contributed by atoms with E-state index in [2.05, 4.69) is 20.5 Å². The summed E-state index contributed by atoms with van der Waals surface area (Å²) in [6.45, 7) is 6.97. The van der Waals surface area contributed by atoms with Crippen LogP contribution in [0.3, 0.4) is 0 Å². The maximum absolute atomic E-state index is 14.4. The van der Waals surface area contributed by atoms with E-state index in [1.807, 2.05) is 30.9 Å². The van der Waals surface area contributed by atoms with E-state index < -0.39 is 11.6 Å². The number of nitrogens with zero attached hydrogens (tertiary/aromatic N) is 5. The molecule has 4 aliphatic heterocycles. The fourth-order valence-corrected chi connectivity index (χ4v) is 6.22. The fourth-order valence-electron chi connectivity index (χ4n) is 6.22. The molecular weight excluding hydrogens is 564 g/mol. The van der Waals surface area contributed by atoms with Crippen LogP contribution < -0.4 is 26.0 Å². The van der Waals surface area contributed by atoms with Crippen LogP contribution in [0, 0.1) is 0 Å². The van der Waals surface area contributed by atoms with Crippen molar-refractivity contribution in [1.29, 1.82) is 0 Å². The van der Waals surface area contributed by atoms with E-state index in [0.717, 1.165) is 25.7 Å². The molecule has 44 heavy (non-hydrogen) atoms. The number of rotatable bonds is 6.